The normalized spacial score (nSPS) is 14.7. The van der Waals surface area contributed by atoms with Gasteiger partial charge in [-0.05, 0) is 49.4 Å². The van der Waals surface area contributed by atoms with Gasteiger partial charge >= 0.3 is 39.5 Å². The van der Waals surface area contributed by atoms with E-state index < -0.39 is 97.5 Å². The Bertz CT molecular complexity index is 1870. The van der Waals surface area contributed by atoms with Crippen LogP contribution < -0.4 is 0 Å². The van der Waals surface area contributed by atoms with Gasteiger partial charge in [0.05, 0.1) is 26.4 Å². The van der Waals surface area contributed by atoms with Crippen molar-refractivity contribution in [2.45, 2.75) is 401 Å². The van der Waals surface area contributed by atoms with Crippen LogP contribution in [0.25, 0.3) is 0 Å². The van der Waals surface area contributed by atoms with Crippen molar-refractivity contribution in [1.82, 2.24) is 0 Å². The molecule has 0 aromatic rings. The van der Waals surface area contributed by atoms with Gasteiger partial charge in [-0.1, -0.05) is 331 Å². The Labute approximate surface area is 581 Å². The molecule has 0 saturated heterocycles. The Kier molecular flexibility index (Phi) is 64.0. The first kappa shape index (κ1) is 93.1. The van der Waals surface area contributed by atoms with Crippen molar-refractivity contribution in [3.8, 4) is 0 Å². The molecular weight excluding hydrogens is 1250 g/mol. The van der Waals surface area contributed by atoms with Crippen LogP contribution in [0, 0.1) is 23.7 Å². The average Bonchev–Trinajstić information content (AvgIpc) is 1.37. The Morgan fingerprint density at radius 3 is 0.747 bits per heavy atom. The molecule has 0 bridgehead atoms. The molecule has 0 aromatic heterocycles. The minimum absolute atomic E-state index is 0.102. The molecule has 0 aliphatic heterocycles. The highest BCUT2D eigenvalue weighted by atomic mass is 31.2. The van der Waals surface area contributed by atoms with Gasteiger partial charge in [0.25, 0.3) is 0 Å². The summed E-state index contributed by atoms with van der Waals surface area (Å²) in [4.78, 5) is 72.7. The summed E-state index contributed by atoms with van der Waals surface area (Å²) in [6, 6.07) is 0. The summed E-state index contributed by atoms with van der Waals surface area (Å²) in [5, 5.41) is 10.6. The molecule has 0 heterocycles. The van der Waals surface area contributed by atoms with Crippen molar-refractivity contribution in [3.05, 3.63) is 0 Å². The fourth-order valence-corrected chi connectivity index (χ4v) is 13.1. The second-order valence-corrected chi connectivity index (χ2v) is 31.7. The van der Waals surface area contributed by atoms with Crippen LogP contribution in [0.5, 0.6) is 0 Å². The Morgan fingerprint density at radius 2 is 0.505 bits per heavy atom. The van der Waals surface area contributed by atoms with E-state index >= 15 is 0 Å². The molecule has 564 valence electrons. The molecule has 0 aromatic carbocycles. The smallest absolute Gasteiger partial charge is 0.462 e. The molecule has 5 unspecified atom stereocenters. The topological polar surface area (TPSA) is 237 Å². The number of hydrogen-bond donors (Lipinski definition) is 3. The number of carbonyl (C=O) groups is 4. The third kappa shape index (κ3) is 67.6. The van der Waals surface area contributed by atoms with E-state index in [0.717, 1.165) is 114 Å². The highest BCUT2D eigenvalue weighted by Gasteiger charge is 2.30. The SMILES string of the molecule is CCC(C)CCCCCCCCCCCCC(=O)OC[C@H](COP(=O)(O)OCC(O)COP(=O)(O)OC[C@@H](COC(=O)CCCCCCCCCC(C)C)OC(=O)CCCCCCCCC(C)CC)OC(=O)CCCCCCCCCCCCCCCCCCCCC(C)C. The van der Waals surface area contributed by atoms with Crippen molar-refractivity contribution in [1.29, 1.82) is 0 Å². The third-order valence-corrected chi connectivity index (χ3v) is 20.2. The average molecular weight is 1400 g/mol. The van der Waals surface area contributed by atoms with Crippen LogP contribution in [0.4, 0.5) is 0 Å². The largest absolute Gasteiger partial charge is 0.472 e. The number of carbonyl (C=O) groups excluding carboxylic acids is 4. The highest BCUT2D eigenvalue weighted by Crippen LogP contribution is 2.45. The predicted molar refractivity (Wildman–Crippen MR) is 386 cm³/mol. The molecule has 0 saturated carbocycles. The molecule has 3 N–H and O–H groups in total. The molecule has 0 rings (SSSR count). The number of phosphoric acid groups is 2. The number of esters is 4. The van der Waals surface area contributed by atoms with E-state index in [2.05, 4.69) is 55.4 Å². The van der Waals surface area contributed by atoms with Crippen molar-refractivity contribution >= 4 is 39.5 Å². The van der Waals surface area contributed by atoms with E-state index in [1.54, 1.807) is 0 Å². The second kappa shape index (κ2) is 65.4. The minimum Gasteiger partial charge on any atom is -0.462 e. The van der Waals surface area contributed by atoms with Crippen LogP contribution in [-0.2, 0) is 65.4 Å². The van der Waals surface area contributed by atoms with E-state index in [1.165, 1.54) is 180 Å². The Balaban J connectivity index is 5.21. The molecule has 7 atom stereocenters. The lowest BCUT2D eigenvalue weighted by atomic mass is 9.99. The van der Waals surface area contributed by atoms with Gasteiger partial charge < -0.3 is 33.8 Å². The van der Waals surface area contributed by atoms with Crippen LogP contribution in [0.3, 0.4) is 0 Å². The van der Waals surface area contributed by atoms with Crippen molar-refractivity contribution in [2.24, 2.45) is 23.7 Å². The number of aliphatic hydroxyl groups excluding tert-OH is 1. The monoisotopic (exact) mass is 1400 g/mol. The van der Waals surface area contributed by atoms with Crippen molar-refractivity contribution < 1.29 is 80.2 Å². The summed E-state index contributed by atoms with van der Waals surface area (Å²) >= 11 is 0. The van der Waals surface area contributed by atoms with Gasteiger partial charge in [0.1, 0.15) is 19.3 Å². The second-order valence-electron chi connectivity index (χ2n) is 28.8. The summed E-state index contributed by atoms with van der Waals surface area (Å²) in [5.74, 6) is 0.930. The summed E-state index contributed by atoms with van der Waals surface area (Å²) in [7, 11) is -9.91. The summed E-state index contributed by atoms with van der Waals surface area (Å²) in [6.45, 7) is 14.2. The van der Waals surface area contributed by atoms with E-state index in [0.29, 0.717) is 31.6 Å². The van der Waals surface area contributed by atoms with Crippen LogP contribution >= 0.6 is 15.6 Å². The molecule has 0 aliphatic carbocycles. The van der Waals surface area contributed by atoms with Gasteiger partial charge in [-0.3, -0.25) is 37.3 Å². The van der Waals surface area contributed by atoms with E-state index in [4.69, 9.17) is 37.0 Å². The molecule has 0 spiro atoms. The number of hydrogen-bond acceptors (Lipinski definition) is 15. The molecule has 95 heavy (non-hydrogen) atoms. The summed E-state index contributed by atoms with van der Waals surface area (Å²) in [6.07, 6.45) is 50.1. The van der Waals surface area contributed by atoms with Crippen molar-refractivity contribution in [2.75, 3.05) is 39.6 Å². The van der Waals surface area contributed by atoms with Crippen molar-refractivity contribution in [3.63, 3.8) is 0 Å². The zero-order valence-corrected chi connectivity index (χ0v) is 64.1. The summed E-state index contributed by atoms with van der Waals surface area (Å²) < 4.78 is 68.5. The standard InChI is InChI=1S/C76H148O17P2/c1-9-68(7)54-46-38-30-24-21-22-25-31-40-48-56-73(78)86-62-71(92-75(80)58-50-42-32-26-20-18-16-14-12-11-13-15-17-19-23-28-36-44-52-66(3)4)64-90-94(82,83)88-60-70(77)61-89-95(84,85)91-65-72(93-76(81)59-51-43-35-34-39-47-55-69(8)10-2)63-87-74(79)57-49-41-33-27-29-37-45-53-67(5)6/h66-72,77H,9-65H2,1-8H3,(H,82,83)(H,84,85)/t68?,69?,70?,71-,72-/m1/s1. The number of unbranched alkanes of at least 4 members (excludes halogenated alkanes) is 37. The van der Waals surface area contributed by atoms with E-state index in [1.807, 2.05) is 0 Å². The van der Waals surface area contributed by atoms with Crippen LogP contribution in [0.1, 0.15) is 383 Å². The maximum Gasteiger partial charge on any atom is 0.472 e. The van der Waals surface area contributed by atoms with Gasteiger partial charge in [-0.15, -0.1) is 0 Å². The van der Waals surface area contributed by atoms with Crippen LogP contribution in [0.15, 0.2) is 0 Å². The molecule has 0 aliphatic rings. The third-order valence-electron chi connectivity index (χ3n) is 18.3. The van der Waals surface area contributed by atoms with Gasteiger partial charge in [0.2, 0.25) is 0 Å². The number of rotatable bonds is 73. The fourth-order valence-electron chi connectivity index (χ4n) is 11.5. The number of phosphoric ester groups is 2. The predicted octanol–water partition coefficient (Wildman–Crippen LogP) is 22.0. The van der Waals surface area contributed by atoms with Gasteiger partial charge in [-0.2, -0.15) is 0 Å². The first-order valence-electron chi connectivity index (χ1n) is 39.3. The quantitative estimate of drug-likeness (QED) is 0.0222. The molecule has 17 nitrogen and oxygen atoms in total. The van der Waals surface area contributed by atoms with E-state index in [-0.39, 0.29) is 25.7 Å². The fraction of sp³-hybridized carbons (Fsp3) is 0.947. The summed E-state index contributed by atoms with van der Waals surface area (Å²) in [5.41, 5.74) is 0. The number of ether oxygens (including phenoxy) is 4. The zero-order valence-electron chi connectivity index (χ0n) is 62.3. The Hall–Kier alpha value is -1.94. The number of aliphatic hydroxyl groups is 1. The molecule has 0 fully saturated rings. The lowest BCUT2D eigenvalue weighted by Crippen LogP contribution is -2.30. The van der Waals surface area contributed by atoms with Gasteiger partial charge in [0.15, 0.2) is 12.2 Å². The minimum atomic E-state index is -4.96. The van der Waals surface area contributed by atoms with Crippen LogP contribution in [-0.4, -0.2) is 96.7 Å². The zero-order chi connectivity index (χ0) is 70.3. The molecule has 0 amide bonds. The molecular formula is C76H148O17P2. The Morgan fingerprint density at radius 1 is 0.295 bits per heavy atom. The maximum atomic E-state index is 13.1. The van der Waals surface area contributed by atoms with Crippen LogP contribution in [0.2, 0.25) is 0 Å². The first-order chi connectivity index (χ1) is 45.7. The maximum absolute atomic E-state index is 13.1. The highest BCUT2D eigenvalue weighted by molar-refractivity contribution is 7.47. The van der Waals surface area contributed by atoms with Gasteiger partial charge in [-0.25, -0.2) is 9.13 Å². The first-order valence-corrected chi connectivity index (χ1v) is 42.3. The lowest BCUT2D eigenvalue weighted by Gasteiger charge is -2.21. The molecule has 0 radical (unpaired) electrons. The lowest BCUT2D eigenvalue weighted by molar-refractivity contribution is -0.161. The van der Waals surface area contributed by atoms with E-state index in [9.17, 15) is 43.2 Å². The van der Waals surface area contributed by atoms with Gasteiger partial charge in [0, 0.05) is 25.7 Å². The molecule has 19 heteroatoms.